The number of nitrogens with zero attached hydrogens (tertiary/aromatic N) is 1. The van der Waals surface area contributed by atoms with Crippen molar-refractivity contribution in [1.29, 1.82) is 0 Å². The largest absolute Gasteiger partial charge is 0.348 e. The molecular formula is C14H11BrN2O3S. The molecule has 1 amide bonds. The van der Waals surface area contributed by atoms with E-state index in [0.29, 0.717) is 12.1 Å². The number of carbonyl (C=O) groups excluding carboxylic acids is 1. The molecule has 0 bridgehead atoms. The van der Waals surface area contributed by atoms with Crippen LogP contribution in [0.15, 0.2) is 46.3 Å². The van der Waals surface area contributed by atoms with Gasteiger partial charge in [0.1, 0.15) is 0 Å². The van der Waals surface area contributed by atoms with Crippen LogP contribution in [-0.2, 0) is 11.3 Å². The van der Waals surface area contributed by atoms with E-state index < -0.39 is 4.92 Å². The van der Waals surface area contributed by atoms with E-state index in [1.54, 1.807) is 29.5 Å². The molecule has 108 valence electrons. The van der Waals surface area contributed by atoms with Gasteiger partial charge in [-0.1, -0.05) is 12.1 Å². The fourth-order valence-electron chi connectivity index (χ4n) is 1.59. The van der Waals surface area contributed by atoms with E-state index in [2.05, 4.69) is 21.2 Å². The van der Waals surface area contributed by atoms with Gasteiger partial charge in [0.2, 0.25) is 5.91 Å². The average Bonchev–Trinajstić information content (AvgIpc) is 2.89. The minimum absolute atomic E-state index is 0.000920. The van der Waals surface area contributed by atoms with Crippen LogP contribution in [0.2, 0.25) is 0 Å². The SMILES string of the molecule is O=C(/C=C/c1cccc([N+](=O)[O-])c1)NCc1ccc(Br)s1. The highest BCUT2D eigenvalue weighted by atomic mass is 79.9. The minimum Gasteiger partial charge on any atom is -0.348 e. The maximum atomic E-state index is 11.7. The van der Waals surface area contributed by atoms with Crippen molar-refractivity contribution in [2.75, 3.05) is 0 Å². The van der Waals surface area contributed by atoms with E-state index in [1.807, 2.05) is 12.1 Å². The van der Waals surface area contributed by atoms with Gasteiger partial charge in [0.15, 0.2) is 0 Å². The van der Waals surface area contributed by atoms with Gasteiger partial charge >= 0.3 is 0 Å². The molecule has 0 aliphatic heterocycles. The van der Waals surface area contributed by atoms with Gasteiger partial charge in [0.05, 0.1) is 15.3 Å². The standard InChI is InChI=1S/C14H11BrN2O3S/c15-13-6-5-12(21-13)9-16-14(18)7-4-10-2-1-3-11(8-10)17(19)20/h1-8H,9H2,(H,16,18)/b7-4+. The first-order valence-electron chi connectivity index (χ1n) is 5.99. The maximum absolute atomic E-state index is 11.7. The molecule has 0 radical (unpaired) electrons. The van der Waals surface area contributed by atoms with Gasteiger partial charge in [0.25, 0.3) is 5.69 Å². The second-order valence-electron chi connectivity index (χ2n) is 4.11. The number of carbonyl (C=O) groups is 1. The quantitative estimate of drug-likeness (QED) is 0.497. The summed E-state index contributed by atoms with van der Waals surface area (Å²) in [7, 11) is 0. The van der Waals surface area contributed by atoms with Crippen LogP contribution in [0, 0.1) is 10.1 Å². The average molecular weight is 367 g/mol. The third-order valence-electron chi connectivity index (χ3n) is 2.57. The van der Waals surface area contributed by atoms with Gasteiger partial charge in [-0.3, -0.25) is 14.9 Å². The second kappa shape index (κ2) is 7.14. The highest BCUT2D eigenvalue weighted by Gasteiger charge is 2.04. The topological polar surface area (TPSA) is 72.2 Å². The Balaban J connectivity index is 1.92. The van der Waals surface area contributed by atoms with E-state index in [1.165, 1.54) is 18.2 Å². The van der Waals surface area contributed by atoms with Crippen LogP contribution in [0.1, 0.15) is 10.4 Å². The molecule has 2 aromatic rings. The minimum atomic E-state index is -0.466. The number of rotatable bonds is 5. The van der Waals surface area contributed by atoms with Crippen LogP contribution in [0.5, 0.6) is 0 Å². The van der Waals surface area contributed by atoms with Crippen LogP contribution >= 0.6 is 27.3 Å². The Bertz CT molecular complexity index is 697. The molecule has 0 spiro atoms. The summed E-state index contributed by atoms with van der Waals surface area (Å²) in [6, 6.07) is 9.96. The zero-order valence-electron chi connectivity index (χ0n) is 10.8. The predicted octanol–water partition coefficient (Wildman–Crippen LogP) is 3.75. The Kier molecular flexibility index (Phi) is 5.24. The fraction of sp³-hybridized carbons (Fsp3) is 0.0714. The third-order valence-corrected chi connectivity index (χ3v) is 4.20. The van der Waals surface area contributed by atoms with E-state index in [0.717, 1.165) is 8.66 Å². The lowest BCUT2D eigenvalue weighted by molar-refractivity contribution is -0.384. The van der Waals surface area contributed by atoms with Gasteiger partial charge in [-0.25, -0.2) is 0 Å². The zero-order valence-corrected chi connectivity index (χ0v) is 13.2. The van der Waals surface area contributed by atoms with E-state index in [9.17, 15) is 14.9 Å². The lowest BCUT2D eigenvalue weighted by Gasteiger charge is -1.99. The number of nitro groups is 1. The van der Waals surface area contributed by atoms with Gasteiger partial charge in [-0.15, -0.1) is 11.3 Å². The van der Waals surface area contributed by atoms with Crippen molar-refractivity contribution < 1.29 is 9.72 Å². The van der Waals surface area contributed by atoms with Crippen molar-refractivity contribution in [2.24, 2.45) is 0 Å². The number of nitrogens with one attached hydrogen (secondary N) is 1. The molecule has 21 heavy (non-hydrogen) atoms. The second-order valence-corrected chi connectivity index (χ2v) is 6.66. The van der Waals surface area contributed by atoms with Crippen molar-refractivity contribution in [2.45, 2.75) is 6.54 Å². The summed E-state index contributed by atoms with van der Waals surface area (Å²) < 4.78 is 1.01. The molecule has 0 unspecified atom stereocenters. The summed E-state index contributed by atoms with van der Waals surface area (Å²) in [6.45, 7) is 0.453. The molecule has 0 saturated carbocycles. The summed E-state index contributed by atoms with van der Waals surface area (Å²) in [5.74, 6) is -0.244. The lowest BCUT2D eigenvalue weighted by atomic mass is 10.2. The first kappa shape index (κ1) is 15.4. The first-order valence-corrected chi connectivity index (χ1v) is 7.60. The van der Waals surface area contributed by atoms with Crippen LogP contribution in [0.3, 0.4) is 0 Å². The Labute approximate surface area is 133 Å². The van der Waals surface area contributed by atoms with Crippen molar-refractivity contribution in [1.82, 2.24) is 5.32 Å². The van der Waals surface area contributed by atoms with Gasteiger partial charge in [-0.2, -0.15) is 0 Å². The summed E-state index contributed by atoms with van der Waals surface area (Å²) in [5.41, 5.74) is 0.610. The molecule has 7 heteroatoms. The number of hydrogen-bond donors (Lipinski definition) is 1. The smallest absolute Gasteiger partial charge is 0.270 e. The molecule has 0 aliphatic carbocycles. The van der Waals surface area contributed by atoms with Crippen LogP contribution in [0.4, 0.5) is 5.69 Å². The van der Waals surface area contributed by atoms with Crippen LogP contribution < -0.4 is 5.32 Å². The number of benzene rings is 1. The number of halogens is 1. The first-order chi connectivity index (χ1) is 10.0. The normalized spacial score (nSPS) is 10.7. The number of amides is 1. The van der Waals surface area contributed by atoms with Crippen LogP contribution in [-0.4, -0.2) is 10.8 Å². The van der Waals surface area contributed by atoms with Crippen molar-refractivity contribution in [3.8, 4) is 0 Å². The van der Waals surface area contributed by atoms with E-state index >= 15 is 0 Å². The molecule has 1 heterocycles. The fourth-order valence-corrected chi connectivity index (χ4v) is 3.02. The maximum Gasteiger partial charge on any atom is 0.270 e. The van der Waals surface area contributed by atoms with Crippen molar-refractivity contribution in [3.63, 3.8) is 0 Å². The molecule has 2 rings (SSSR count). The highest BCUT2D eigenvalue weighted by molar-refractivity contribution is 9.11. The third kappa shape index (κ3) is 4.80. The number of nitro benzene ring substituents is 1. The Morgan fingerprint density at radius 2 is 2.19 bits per heavy atom. The predicted molar refractivity (Wildman–Crippen MR) is 86.0 cm³/mol. The molecule has 0 aliphatic rings. The van der Waals surface area contributed by atoms with Gasteiger partial charge in [-0.05, 0) is 39.7 Å². The molecule has 1 aromatic heterocycles. The molecule has 0 saturated heterocycles. The Morgan fingerprint density at radius 3 is 2.86 bits per heavy atom. The van der Waals surface area contributed by atoms with Crippen molar-refractivity contribution >= 4 is 44.9 Å². The summed E-state index contributed by atoms with van der Waals surface area (Å²) >= 11 is 4.91. The van der Waals surface area contributed by atoms with Gasteiger partial charge < -0.3 is 5.32 Å². The number of hydrogen-bond acceptors (Lipinski definition) is 4. The van der Waals surface area contributed by atoms with E-state index in [4.69, 9.17) is 0 Å². The lowest BCUT2D eigenvalue weighted by Crippen LogP contribution is -2.19. The van der Waals surface area contributed by atoms with Crippen molar-refractivity contribution in [3.05, 3.63) is 66.8 Å². The monoisotopic (exact) mass is 366 g/mol. The highest BCUT2D eigenvalue weighted by Crippen LogP contribution is 2.21. The molecule has 1 aromatic carbocycles. The van der Waals surface area contributed by atoms with E-state index in [-0.39, 0.29) is 11.6 Å². The molecule has 5 nitrogen and oxygen atoms in total. The molecule has 0 atom stereocenters. The summed E-state index contributed by atoms with van der Waals surface area (Å²) in [6.07, 6.45) is 2.91. The molecular weight excluding hydrogens is 356 g/mol. The number of thiophene rings is 1. The zero-order chi connectivity index (χ0) is 15.2. The summed E-state index contributed by atoms with van der Waals surface area (Å²) in [5, 5.41) is 13.4. The summed E-state index contributed by atoms with van der Waals surface area (Å²) in [4.78, 5) is 22.9. The Morgan fingerprint density at radius 1 is 1.38 bits per heavy atom. The number of non-ortho nitro benzene ring substituents is 1. The Hall–Kier alpha value is -1.99. The molecule has 0 fully saturated rings. The van der Waals surface area contributed by atoms with Crippen LogP contribution in [0.25, 0.3) is 6.08 Å². The molecule has 1 N–H and O–H groups in total. The van der Waals surface area contributed by atoms with Gasteiger partial charge in [0, 0.05) is 23.1 Å².